The smallest absolute Gasteiger partial charge is 0.223 e. The molecule has 1 heterocycles. The second kappa shape index (κ2) is 7.36. The lowest BCUT2D eigenvalue weighted by Crippen LogP contribution is -2.44. The van der Waals surface area contributed by atoms with Crippen LogP contribution in [0.2, 0.25) is 0 Å². The minimum Gasteiger partial charge on any atom is -0.386 e. The minimum atomic E-state index is -1.11. The number of halogens is 2. The Labute approximate surface area is 134 Å². The summed E-state index contributed by atoms with van der Waals surface area (Å²) < 4.78 is 31.8. The van der Waals surface area contributed by atoms with Crippen LogP contribution < -0.4 is 5.32 Å². The lowest BCUT2D eigenvalue weighted by Gasteiger charge is -2.32. The molecule has 6 heteroatoms. The largest absolute Gasteiger partial charge is 0.386 e. The molecule has 4 unspecified atom stereocenters. The third kappa shape index (κ3) is 4.48. The second-order valence-corrected chi connectivity index (χ2v) is 6.34. The van der Waals surface area contributed by atoms with Crippen LogP contribution in [0.25, 0.3) is 0 Å². The Morgan fingerprint density at radius 2 is 1.87 bits per heavy atom. The van der Waals surface area contributed by atoms with Gasteiger partial charge in [0.1, 0.15) is 0 Å². The van der Waals surface area contributed by atoms with Gasteiger partial charge in [0.05, 0.1) is 24.4 Å². The normalized spacial score (nSPS) is 27.3. The highest BCUT2D eigenvalue weighted by molar-refractivity contribution is 5.79. The van der Waals surface area contributed by atoms with Crippen LogP contribution in [0.4, 0.5) is 8.78 Å². The van der Waals surface area contributed by atoms with Gasteiger partial charge in [-0.05, 0) is 51.3 Å². The molecular weight excluding hydrogens is 304 g/mol. The van der Waals surface area contributed by atoms with Crippen LogP contribution in [0.15, 0.2) is 18.2 Å². The third-order valence-corrected chi connectivity index (χ3v) is 4.20. The maximum Gasteiger partial charge on any atom is 0.223 e. The van der Waals surface area contributed by atoms with Gasteiger partial charge in [0, 0.05) is 5.92 Å². The molecule has 1 saturated heterocycles. The average molecular weight is 327 g/mol. The molecule has 1 aliphatic rings. The van der Waals surface area contributed by atoms with E-state index < -0.39 is 23.8 Å². The summed E-state index contributed by atoms with van der Waals surface area (Å²) in [5.74, 6) is -2.32. The van der Waals surface area contributed by atoms with Crippen molar-refractivity contribution in [2.45, 2.75) is 58.0 Å². The Morgan fingerprint density at radius 1 is 1.26 bits per heavy atom. The van der Waals surface area contributed by atoms with Crippen molar-refractivity contribution in [1.82, 2.24) is 5.32 Å². The van der Waals surface area contributed by atoms with Crippen LogP contribution in [0.1, 0.15) is 45.3 Å². The fourth-order valence-corrected chi connectivity index (χ4v) is 3.03. The molecule has 1 aliphatic heterocycles. The van der Waals surface area contributed by atoms with Crippen LogP contribution in [-0.4, -0.2) is 29.3 Å². The number of aliphatic hydroxyl groups is 1. The molecule has 0 radical (unpaired) electrons. The Hall–Kier alpha value is -1.53. The fourth-order valence-electron chi connectivity index (χ4n) is 3.03. The number of ether oxygens (including phenoxy) is 1. The summed E-state index contributed by atoms with van der Waals surface area (Å²) in [6.45, 7) is 5.49. The van der Waals surface area contributed by atoms with E-state index >= 15 is 0 Å². The number of benzene rings is 1. The van der Waals surface area contributed by atoms with Gasteiger partial charge in [0.25, 0.3) is 0 Å². The van der Waals surface area contributed by atoms with Crippen molar-refractivity contribution in [3.8, 4) is 0 Å². The summed E-state index contributed by atoms with van der Waals surface area (Å²) in [6.07, 6.45) is 0.180. The van der Waals surface area contributed by atoms with E-state index in [1.165, 1.54) is 6.07 Å². The van der Waals surface area contributed by atoms with Crippen LogP contribution in [0, 0.1) is 17.6 Å². The summed E-state index contributed by atoms with van der Waals surface area (Å²) >= 11 is 0. The van der Waals surface area contributed by atoms with Gasteiger partial charge in [-0.2, -0.15) is 0 Å². The van der Waals surface area contributed by atoms with Crippen molar-refractivity contribution < 1.29 is 23.4 Å². The quantitative estimate of drug-likeness (QED) is 0.894. The fraction of sp³-hybridized carbons (Fsp3) is 0.588. The van der Waals surface area contributed by atoms with Crippen molar-refractivity contribution in [3.63, 3.8) is 0 Å². The lowest BCUT2D eigenvalue weighted by atomic mass is 9.91. The molecule has 128 valence electrons. The Morgan fingerprint density at radius 3 is 2.43 bits per heavy atom. The van der Waals surface area contributed by atoms with E-state index in [-0.39, 0.29) is 29.6 Å². The molecule has 2 N–H and O–H groups in total. The summed E-state index contributed by atoms with van der Waals surface area (Å²) in [4.78, 5) is 12.3. The molecule has 23 heavy (non-hydrogen) atoms. The highest BCUT2D eigenvalue weighted by Crippen LogP contribution is 2.26. The number of nitrogens with one attached hydrogen (secondary N) is 1. The first kappa shape index (κ1) is 17.8. The summed E-state index contributed by atoms with van der Waals surface area (Å²) in [5, 5.41) is 13.0. The number of hydrogen-bond acceptors (Lipinski definition) is 3. The van der Waals surface area contributed by atoms with E-state index in [0.29, 0.717) is 12.8 Å². The van der Waals surface area contributed by atoms with E-state index in [1.54, 1.807) is 6.92 Å². The Balaban J connectivity index is 1.98. The van der Waals surface area contributed by atoms with Crippen molar-refractivity contribution in [2.24, 2.45) is 5.92 Å². The first-order valence-corrected chi connectivity index (χ1v) is 7.86. The SMILES string of the molecule is CC1CC(C(=O)NC(C)C(O)c2ccc(F)c(F)c2)CC(C)O1. The van der Waals surface area contributed by atoms with Crippen molar-refractivity contribution in [1.29, 1.82) is 0 Å². The molecule has 0 aromatic heterocycles. The Kier molecular flexibility index (Phi) is 5.70. The van der Waals surface area contributed by atoms with Gasteiger partial charge in [-0.1, -0.05) is 6.07 Å². The third-order valence-electron chi connectivity index (χ3n) is 4.20. The maximum absolute atomic E-state index is 13.3. The van der Waals surface area contributed by atoms with Gasteiger partial charge in [0.15, 0.2) is 11.6 Å². The summed E-state index contributed by atoms with van der Waals surface area (Å²) in [7, 11) is 0. The molecule has 4 atom stereocenters. The number of carbonyl (C=O) groups excluding carboxylic acids is 1. The van der Waals surface area contributed by atoms with Crippen molar-refractivity contribution >= 4 is 5.91 Å². The lowest BCUT2D eigenvalue weighted by molar-refractivity contribution is -0.134. The number of aliphatic hydroxyl groups excluding tert-OH is 1. The molecule has 1 aromatic carbocycles. The molecule has 1 fully saturated rings. The van der Waals surface area contributed by atoms with Gasteiger partial charge in [-0.25, -0.2) is 8.78 Å². The van der Waals surface area contributed by atoms with Gasteiger partial charge in [-0.3, -0.25) is 4.79 Å². The van der Waals surface area contributed by atoms with E-state index in [2.05, 4.69) is 5.32 Å². The van der Waals surface area contributed by atoms with Crippen LogP contribution >= 0.6 is 0 Å². The van der Waals surface area contributed by atoms with E-state index in [0.717, 1.165) is 12.1 Å². The van der Waals surface area contributed by atoms with Crippen LogP contribution in [-0.2, 0) is 9.53 Å². The molecule has 1 amide bonds. The highest BCUT2D eigenvalue weighted by Gasteiger charge is 2.31. The van der Waals surface area contributed by atoms with E-state index in [9.17, 15) is 18.7 Å². The zero-order valence-corrected chi connectivity index (χ0v) is 13.6. The van der Waals surface area contributed by atoms with Gasteiger partial charge in [0.2, 0.25) is 5.91 Å². The number of carbonyl (C=O) groups is 1. The highest BCUT2D eigenvalue weighted by atomic mass is 19.2. The number of hydrogen-bond donors (Lipinski definition) is 2. The first-order valence-electron chi connectivity index (χ1n) is 7.86. The van der Waals surface area contributed by atoms with E-state index in [4.69, 9.17) is 4.74 Å². The molecular formula is C17H23F2NO3. The average Bonchev–Trinajstić information content (AvgIpc) is 2.48. The minimum absolute atomic E-state index is 0.0147. The van der Waals surface area contributed by atoms with Crippen molar-refractivity contribution in [2.75, 3.05) is 0 Å². The molecule has 1 aromatic rings. The first-order chi connectivity index (χ1) is 10.8. The zero-order valence-electron chi connectivity index (χ0n) is 13.6. The zero-order chi connectivity index (χ0) is 17.1. The standard InChI is InChI=1S/C17H23F2NO3/c1-9-6-13(7-10(2)23-9)17(22)20-11(3)16(21)12-4-5-14(18)15(19)8-12/h4-5,8-11,13,16,21H,6-7H2,1-3H3,(H,20,22). The molecule has 0 spiro atoms. The van der Waals surface area contributed by atoms with Crippen molar-refractivity contribution in [3.05, 3.63) is 35.4 Å². The molecule has 0 aliphatic carbocycles. The predicted octanol–water partition coefficient (Wildman–Crippen LogP) is 2.71. The molecule has 2 rings (SSSR count). The van der Waals surface area contributed by atoms with Crippen LogP contribution in [0.5, 0.6) is 0 Å². The monoisotopic (exact) mass is 327 g/mol. The summed E-state index contributed by atoms with van der Waals surface area (Å²) in [5.41, 5.74) is 0.227. The maximum atomic E-state index is 13.3. The van der Waals surface area contributed by atoms with E-state index in [1.807, 2.05) is 13.8 Å². The van der Waals surface area contributed by atoms with Gasteiger partial charge < -0.3 is 15.2 Å². The van der Waals surface area contributed by atoms with Gasteiger partial charge >= 0.3 is 0 Å². The molecule has 0 saturated carbocycles. The van der Waals surface area contributed by atoms with Gasteiger partial charge in [-0.15, -0.1) is 0 Å². The van der Waals surface area contributed by atoms with Crippen LogP contribution in [0.3, 0.4) is 0 Å². The molecule has 0 bridgehead atoms. The topological polar surface area (TPSA) is 58.6 Å². The number of rotatable bonds is 4. The number of amides is 1. The Bertz CT molecular complexity index is 557. The summed E-state index contributed by atoms with van der Waals surface area (Å²) in [6, 6.07) is 2.61. The second-order valence-electron chi connectivity index (χ2n) is 6.34. The molecule has 4 nitrogen and oxygen atoms in total. The predicted molar refractivity (Wildman–Crippen MR) is 81.7 cm³/mol.